The minimum absolute atomic E-state index is 0.466. The standard InChI is InChI=1S/C11H25N3/c1-14(2)9-11(13-12)8-10-6-4-3-5-7-10/h10-11,13H,3-9,12H2,1-2H3. The molecule has 1 aliphatic rings. The van der Waals surface area contributed by atoms with Crippen molar-refractivity contribution in [3.8, 4) is 0 Å². The van der Waals surface area contributed by atoms with Gasteiger partial charge in [0.25, 0.3) is 0 Å². The van der Waals surface area contributed by atoms with Gasteiger partial charge in [-0.15, -0.1) is 0 Å². The summed E-state index contributed by atoms with van der Waals surface area (Å²) in [6.45, 7) is 1.05. The van der Waals surface area contributed by atoms with Crippen LogP contribution in [0.15, 0.2) is 0 Å². The lowest BCUT2D eigenvalue weighted by Gasteiger charge is -2.27. The van der Waals surface area contributed by atoms with Gasteiger partial charge in [-0.05, 0) is 26.4 Å². The second kappa shape index (κ2) is 6.38. The largest absolute Gasteiger partial charge is 0.308 e. The Hall–Kier alpha value is -0.120. The maximum Gasteiger partial charge on any atom is 0.0340 e. The molecule has 1 aliphatic carbocycles. The van der Waals surface area contributed by atoms with Crippen molar-refractivity contribution in [2.45, 2.75) is 44.6 Å². The number of rotatable bonds is 5. The van der Waals surface area contributed by atoms with E-state index in [0.29, 0.717) is 6.04 Å². The lowest BCUT2D eigenvalue weighted by Crippen LogP contribution is -2.43. The van der Waals surface area contributed by atoms with Crippen LogP contribution < -0.4 is 11.3 Å². The Kier molecular flexibility index (Phi) is 5.45. The van der Waals surface area contributed by atoms with E-state index in [2.05, 4.69) is 24.4 Å². The number of hydrazine groups is 1. The molecule has 1 fully saturated rings. The Morgan fingerprint density at radius 1 is 1.29 bits per heavy atom. The van der Waals surface area contributed by atoms with Crippen molar-refractivity contribution in [1.82, 2.24) is 10.3 Å². The lowest BCUT2D eigenvalue weighted by molar-refractivity contribution is 0.260. The van der Waals surface area contributed by atoms with E-state index in [0.717, 1.165) is 12.5 Å². The maximum atomic E-state index is 5.56. The highest BCUT2D eigenvalue weighted by atomic mass is 15.3. The van der Waals surface area contributed by atoms with Crippen molar-refractivity contribution in [2.24, 2.45) is 11.8 Å². The van der Waals surface area contributed by atoms with Crippen LogP contribution in [0.25, 0.3) is 0 Å². The van der Waals surface area contributed by atoms with E-state index in [1.165, 1.54) is 38.5 Å². The molecule has 1 rings (SSSR count). The van der Waals surface area contributed by atoms with Gasteiger partial charge < -0.3 is 4.90 Å². The molecule has 0 amide bonds. The van der Waals surface area contributed by atoms with Crippen LogP contribution in [0.5, 0.6) is 0 Å². The highest BCUT2D eigenvalue weighted by Crippen LogP contribution is 2.27. The van der Waals surface area contributed by atoms with Crippen LogP contribution >= 0.6 is 0 Å². The van der Waals surface area contributed by atoms with Gasteiger partial charge in [-0.3, -0.25) is 11.3 Å². The molecule has 0 bridgehead atoms. The molecular formula is C11H25N3. The highest BCUT2D eigenvalue weighted by molar-refractivity contribution is 4.74. The summed E-state index contributed by atoms with van der Waals surface area (Å²) in [5, 5.41) is 0. The molecule has 0 aliphatic heterocycles. The number of nitrogens with two attached hydrogens (primary N) is 1. The molecule has 0 radical (unpaired) electrons. The molecule has 1 unspecified atom stereocenters. The minimum atomic E-state index is 0.466. The third kappa shape index (κ3) is 4.40. The first-order chi connectivity index (χ1) is 6.72. The van der Waals surface area contributed by atoms with Gasteiger partial charge in [-0.25, -0.2) is 0 Å². The third-order valence-corrected chi connectivity index (χ3v) is 3.16. The monoisotopic (exact) mass is 199 g/mol. The zero-order valence-corrected chi connectivity index (χ0v) is 9.63. The van der Waals surface area contributed by atoms with E-state index in [1.807, 2.05) is 0 Å². The first-order valence-electron chi connectivity index (χ1n) is 5.83. The Morgan fingerprint density at radius 2 is 1.93 bits per heavy atom. The molecule has 3 nitrogen and oxygen atoms in total. The zero-order chi connectivity index (χ0) is 10.4. The zero-order valence-electron chi connectivity index (χ0n) is 9.63. The predicted octanol–water partition coefficient (Wildman–Crippen LogP) is 1.35. The molecule has 3 N–H and O–H groups in total. The van der Waals surface area contributed by atoms with Gasteiger partial charge in [0.15, 0.2) is 0 Å². The number of likely N-dealkylation sites (N-methyl/N-ethyl adjacent to an activating group) is 1. The van der Waals surface area contributed by atoms with Gasteiger partial charge in [-0.1, -0.05) is 32.1 Å². The van der Waals surface area contributed by atoms with E-state index in [-0.39, 0.29) is 0 Å². The van der Waals surface area contributed by atoms with Crippen molar-refractivity contribution in [2.75, 3.05) is 20.6 Å². The summed E-state index contributed by atoms with van der Waals surface area (Å²) in [5.74, 6) is 6.47. The SMILES string of the molecule is CN(C)CC(CC1CCCCC1)NN. The molecule has 0 heterocycles. The Bertz CT molecular complexity index is 141. The van der Waals surface area contributed by atoms with Gasteiger partial charge >= 0.3 is 0 Å². The van der Waals surface area contributed by atoms with Crippen LogP contribution in [0.2, 0.25) is 0 Å². The topological polar surface area (TPSA) is 41.3 Å². The number of hydrogen-bond acceptors (Lipinski definition) is 3. The Balaban J connectivity index is 2.23. The lowest BCUT2D eigenvalue weighted by atomic mass is 9.85. The van der Waals surface area contributed by atoms with E-state index in [1.54, 1.807) is 0 Å². The number of nitrogens with zero attached hydrogens (tertiary/aromatic N) is 1. The fraction of sp³-hybridized carbons (Fsp3) is 1.00. The first kappa shape index (κ1) is 12.0. The van der Waals surface area contributed by atoms with Crippen molar-refractivity contribution < 1.29 is 0 Å². The van der Waals surface area contributed by atoms with Crippen molar-refractivity contribution in [1.29, 1.82) is 0 Å². The summed E-state index contributed by atoms with van der Waals surface area (Å²) in [6, 6.07) is 0.466. The summed E-state index contributed by atoms with van der Waals surface area (Å²) >= 11 is 0. The fourth-order valence-electron chi connectivity index (χ4n) is 2.46. The summed E-state index contributed by atoms with van der Waals surface area (Å²) in [7, 11) is 4.20. The van der Waals surface area contributed by atoms with Crippen LogP contribution in [-0.2, 0) is 0 Å². The van der Waals surface area contributed by atoms with Crippen molar-refractivity contribution in [3.05, 3.63) is 0 Å². The predicted molar refractivity (Wildman–Crippen MR) is 60.9 cm³/mol. The average Bonchev–Trinajstić information content (AvgIpc) is 2.17. The molecule has 1 atom stereocenters. The van der Waals surface area contributed by atoms with Crippen LogP contribution in [0.1, 0.15) is 38.5 Å². The molecule has 0 aromatic rings. The Labute approximate surface area is 88.0 Å². The Morgan fingerprint density at radius 3 is 2.43 bits per heavy atom. The van der Waals surface area contributed by atoms with Gasteiger partial charge in [0, 0.05) is 12.6 Å². The van der Waals surface area contributed by atoms with Gasteiger partial charge in [0.1, 0.15) is 0 Å². The second-order valence-electron chi connectivity index (χ2n) is 4.87. The minimum Gasteiger partial charge on any atom is -0.308 e. The maximum absolute atomic E-state index is 5.56. The van der Waals surface area contributed by atoms with Crippen molar-refractivity contribution >= 4 is 0 Å². The van der Waals surface area contributed by atoms with Crippen LogP contribution in [0, 0.1) is 5.92 Å². The number of nitrogens with one attached hydrogen (secondary N) is 1. The summed E-state index contributed by atoms with van der Waals surface area (Å²) in [4.78, 5) is 2.20. The second-order valence-corrected chi connectivity index (χ2v) is 4.87. The van der Waals surface area contributed by atoms with Gasteiger partial charge in [0.05, 0.1) is 0 Å². The molecule has 0 saturated heterocycles. The van der Waals surface area contributed by atoms with E-state index in [4.69, 9.17) is 5.84 Å². The van der Waals surface area contributed by atoms with E-state index < -0.39 is 0 Å². The molecule has 3 heteroatoms. The average molecular weight is 199 g/mol. The molecule has 0 aromatic carbocycles. The fourth-order valence-corrected chi connectivity index (χ4v) is 2.46. The van der Waals surface area contributed by atoms with Gasteiger partial charge in [-0.2, -0.15) is 0 Å². The number of hydrogen-bond donors (Lipinski definition) is 2. The van der Waals surface area contributed by atoms with Crippen LogP contribution in [-0.4, -0.2) is 31.6 Å². The van der Waals surface area contributed by atoms with E-state index >= 15 is 0 Å². The summed E-state index contributed by atoms with van der Waals surface area (Å²) < 4.78 is 0. The summed E-state index contributed by atoms with van der Waals surface area (Å²) in [5.41, 5.74) is 2.94. The van der Waals surface area contributed by atoms with Crippen LogP contribution in [0.4, 0.5) is 0 Å². The smallest absolute Gasteiger partial charge is 0.0340 e. The molecule has 14 heavy (non-hydrogen) atoms. The van der Waals surface area contributed by atoms with Crippen LogP contribution in [0.3, 0.4) is 0 Å². The normalized spacial score (nSPS) is 21.4. The molecule has 1 saturated carbocycles. The molecule has 84 valence electrons. The molecule has 0 aromatic heterocycles. The van der Waals surface area contributed by atoms with E-state index in [9.17, 15) is 0 Å². The van der Waals surface area contributed by atoms with Gasteiger partial charge in [0.2, 0.25) is 0 Å². The molecular weight excluding hydrogens is 174 g/mol. The third-order valence-electron chi connectivity index (χ3n) is 3.16. The summed E-state index contributed by atoms with van der Waals surface area (Å²) in [6.07, 6.45) is 8.34. The first-order valence-corrected chi connectivity index (χ1v) is 5.83. The van der Waals surface area contributed by atoms with Crippen molar-refractivity contribution in [3.63, 3.8) is 0 Å². The quantitative estimate of drug-likeness (QED) is 0.519. The molecule has 0 spiro atoms. The highest BCUT2D eigenvalue weighted by Gasteiger charge is 2.18.